The van der Waals surface area contributed by atoms with E-state index in [1.54, 1.807) is 6.20 Å². The van der Waals surface area contributed by atoms with Gasteiger partial charge in [-0.2, -0.15) is 9.67 Å². The fourth-order valence-corrected chi connectivity index (χ4v) is 1.11. The molecule has 2 aromatic rings. The molecule has 2 rings (SSSR count). The molecule has 0 bridgehead atoms. The molecule has 0 radical (unpaired) electrons. The molecular weight excluding hydrogens is 230 g/mol. The summed E-state index contributed by atoms with van der Waals surface area (Å²) in [6, 6.07) is 8.00. The van der Waals surface area contributed by atoms with Gasteiger partial charge < -0.3 is 17.0 Å². The first kappa shape index (κ1) is 9.92. The Morgan fingerprint density at radius 1 is 1.23 bits per heavy atom. The molecule has 0 aliphatic rings. The van der Waals surface area contributed by atoms with Crippen LogP contribution in [0, 0.1) is 0 Å². The number of halogens is 1. The maximum atomic E-state index is 3.88. The van der Waals surface area contributed by atoms with Gasteiger partial charge in [0, 0.05) is 18.3 Å². The van der Waals surface area contributed by atoms with Crippen molar-refractivity contribution < 1.29 is 21.5 Å². The highest BCUT2D eigenvalue weighted by Gasteiger charge is 2.00. The Morgan fingerprint density at radius 3 is 2.62 bits per heavy atom. The van der Waals surface area contributed by atoms with Crippen molar-refractivity contribution in [2.24, 2.45) is 0 Å². The summed E-state index contributed by atoms with van der Waals surface area (Å²) in [7, 11) is 0. The van der Waals surface area contributed by atoms with Crippen LogP contribution in [0.15, 0.2) is 42.9 Å². The predicted octanol–water partition coefficient (Wildman–Crippen LogP) is -2.25. The van der Waals surface area contributed by atoms with Gasteiger partial charge in [-0.15, -0.1) is 0 Å². The SMILES string of the molecule is [Br-].c1cc[n+](Cc2ccn[nH]2)cc1. The van der Waals surface area contributed by atoms with Gasteiger partial charge in [-0.25, -0.2) is 0 Å². The summed E-state index contributed by atoms with van der Waals surface area (Å²) in [6.07, 6.45) is 5.82. The molecule has 1 N–H and O–H groups in total. The van der Waals surface area contributed by atoms with Crippen molar-refractivity contribution >= 4 is 0 Å². The predicted molar refractivity (Wildman–Crippen MR) is 44.3 cm³/mol. The standard InChI is InChI=1S/C9H10N3.BrH/c1-2-6-12(7-3-1)8-9-4-5-10-11-9;/h1-7H,8H2,(H,10,11);1H/q+1;/p-1. The van der Waals surface area contributed by atoms with Crippen LogP contribution in [0.5, 0.6) is 0 Å². The molecule has 0 aromatic carbocycles. The Morgan fingerprint density at radius 2 is 2.00 bits per heavy atom. The maximum Gasteiger partial charge on any atom is 0.189 e. The molecule has 0 spiro atoms. The average molecular weight is 240 g/mol. The number of rotatable bonds is 2. The van der Waals surface area contributed by atoms with Crippen molar-refractivity contribution in [3.8, 4) is 0 Å². The summed E-state index contributed by atoms with van der Waals surface area (Å²) in [4.78, 5) is 0. The molecule has 0 saturated heterocycles. The number of H-pyrrole nitrogens is 1. The van der Waals surface area contributed by atoms with Gasteiger partial charge in [0.1, 0.15) is 0 Å². The van der Waals surface area contributed by atoms with Crippen molar-refractivity contribution in [1.82, 2.24) is 10.2 Å². The third-order valence-corrected chi connectivity index (χ3v) is 1.69. The Balaban J connectivity index is 0.000000845. The lowest BCUT2D eigenvalue weighted by atomic mass is 10.4. The van der Waals surface area contributed by atoms with E-state index in [0.29, 0.717) is 0 Å². The Hall–Kier alpha value is -1.16. The number of aromatic amines is 1. The summed E-state index contributed by atoms with van der Waals surface area (Å²) in [6.45, 7) is 0.848. The first-order valence-corrected chi connectivity index (χ1v) is 3.87. The topological polar surface area (TPSA) is 32.6 Å². The highest BCUT2D eigenvalue weighted by Crippen LogP contribution is 1.89. The van der Waals surface area contributed by atoms with Crippen LogP contribution in [0.4, 0.5) is 0 Å². The Kier molecular flexibility index (Phi) is 3.64. The lowest BCUT2D eigenvalue weighted by Gasteiger charge is -1.91. The van der Waals surface area contributed by atoms with E-state index in [0.717, 1.165) is 12.2 Å². The highest BCUT2D eigenvalue weighted by molar-refractivity contribution is 4.95. The second kappa shape index (κ2) is 4.77. The van der Waals surface area contributed by atoms with Gasteiger partial charge in [0.25, 0.3) is 0 Å². The smallest absolute Gasteiger partial charge is 0.189 e. The molecule has 4 heteroatoms. The van der Waals surface area contributed by atoms with Crippen molar-refractivity contribution in [2.45, 2.75) is 6.54 Å². The summed E-state index contributed by atoms with van der Waals surface area (Å²) in [5.74, 6) is 0. The zero-order valence-corrected chi connectivity index (χ0v) is 8.61. The van der Waals surface area contributed by atoms with E-state index in [2.05, 4.69) is 14.8 Å². The largest absolute Gasteiger partial charge is 1.00 e. The molecule has 13 heavy (non-hydrogen) atoms. The van der Waals surface area contributed by atoms with Crippen LogP contribution in [-0.4, -0.2) is 10.2 Å². The van der Waals surface area contributed by atoms with Gasteiger partial charge in [0.2, 0.25) is 0 Å². The molecule has 0 amide bonds. The zero-order valence-electron chi connectivity index (χ0n) is 7.02. The number of nitrogens with zero attached hydrogens (tertiary/aromatic N) is 2. The minimum atomic E-state index is 0. The van der Waals surface area contributed by atoms with E-state index in [-0.39, 0.29) is 17.0 Å². The van der Waals surface area contributed by atoms with Crippen LogP contribution >= 0.6 is 0 Å². The van der Waals surface area contributed by atoms with Gasteiger partial charge in [-0.1, -0.05) is 6.07 Å². The molecular formula is C9H10BrN3. The molecule has 0 aliphatic carbocycles. The van der Waals surface area contributed by atoms with E-state index in [1.165, 1.54) is 0 Å². The third-order valence-electron chi connectivity index (χ3n) is 1.69. The van der Waals surface area contributed by atoms with E-state index >= 15 is 0 Å². The fourth-order valence-electron chi connectivity index (χ4n) is 1.11. The Labute approximate surface area is 87.2 Å². The normalized spacial score (nSPS) is 9.23. The summed E-state index contributed by atoms with van der Waals surface area (Å²) < 4.78 is 2.09. The lowest BCUT2D eigenvalue weighted by Crippen LogP contribution is -3.00. The van der Waals surface area contributed by atoms with Crippen LogP contribution in [0.1, 0.15) is 5.69 Å². The van der Waals surface area contributed by atoms with E-state index in [9.17, 15) is 0 Å². The van der Waals surface area contributed by atoms with Gasteiger partial charge in [-0.3, -0.25) is 5.10 Å². The molecule has 2 aromatic heterocycles. The molecule has 0 fully saturated rings. The van der Waals surface area contributed by atoms with Gasteiger partial charge >= 0.3 is 0 Å². The molecule has 3 nitrogen and oxygen atoms in total. The zero-order chi connectivity index (χ0) is 8.23. The lowest BCUT2D eigenvalue weighted by molar-refractivity contribution is -0.688. The molecule has 0 aliphatic heterocycles. The van der Waals surface area contributed by atoms with E-state index < -0.39 is 0 Å². The quantitative estimate of drug-likeness (QED) is 0.591. The van der Waals surface area contributed by atoms with Crippen LogP contribution < -0.4 is 21.5 Å². The van der Waals surface area contributed by atoms with Crippen molar-refractivity contribution in [2.75, 3.05) is 0 Å². The maximum absolute atomic E-state index is 3.88. The van der Waals surface area contributed by atoms with Crippen LogP contribution in [0.3, 0.4) is 0 Å². The van der Waals surface area contributed by atoms with Crippen LogP contribution in [0.2, 0.25) is 0 Å². The first-order valence-electron chi connectivity index (χ1n) is 3.87. The third kappa shape index (κ3) is 2.66. The van der Waals surface area contributed by atoms with Crippen molar-refractivity contribution in [3.05, 3.63) is 48.5 Å². The molecule has 0 unspecified atom stereocenters. The number of hydrogen-bond acceptors (Lipinski definition) is 1. The number of pyridine rings is 1. The molecule has 2 heterocycles. The van der Waals surface area contributed by atoms with Crippen molar-refractivity contribution in [1.29, 1.82) is 0 Å². The first-order chi connectivity index (χ1) is 5.95. The highest BCUT2D eigenvalue weighted by atomic mass is 79.9. The number of aromatic nitrogens is 3. The monoisotopic (exact) mass is 239 g/mol. The van der Waals surface area contributed by atoms with Gasteiger partial charge in [0.15, 0.2) is 18.9 Å². The van der Waals surface area contributed by atoms with Crippen LogP contribution in [0.25, 0.3) is 0 Å². The fraction of sp³-hybridized carbons (Fsp3) is 0.111. The molecule has 68 valence electrons. The Bertz CT molecular complexity index is 331. The second-order valence-corrected chi connectivity index (χ2v) is 2.63. The molecule has 0 saturated carbocycles. The average Bonchev–Trinajstić information content (AvgIpc) is 2.59. The van der Waals surface area contributed by atoms with E-state index in [4.69, 9.17) is 0 Å². The van der Waals surface area contributed by atoms with Crippen molar-refractivity contribution in [3.63, 3.8) is 0 Å². The van der Waals surface area contributed by atoms with Crippen LogP contribution in [-0.2, 0) is 6.54 Å². The number of nitrogens with one attached hydrogen (secondary N) is 1. The minimum absolute atomic E-state index is 0. The summed E-state index contributed by atoms with van der Waals surface area (Å²) in [5.41, 5.74) is 1.12. The second-order valence-electron chi connectivity index (χ2n) is 2.63. The van der Waals surface area contributed by atoms with Gasteiger partial charge in [0.05, 0.1) is 5.69 Å². The molecule has 0 atom stereocenters. The number of hydrogen-bond donors (Lipinski definition) is 1. The van der Waals surface area contributed by atoms with E-state index in [1.807, 2.05) is 36.7 Å². The minimum Gasteiger partial charge on any atom is -1.00 e. The summed E-state index contributed by atoms with van der Waals surface area (Å²) in [5, 5.41) is 6.79. The van der Waals surface area contributed by atoms with Gasteiger partial charge in [-0.05, 0) is 6.07 Å². The summed E-state index contributed by atoms with van der Waals surface area (Å²) >= 11 is 0.